The number of hydrogen-bond donors (Lipinski definition) is 4. The van der Waals surface area contributed by atoms with Crippen LogP contribution in [0.25, 0.3) is 0 Å². The molecule has 18 heavy (non-hydrogen) atoms. The van der Waals surface area contributed by atoms with E-state index in [1.807, 2.05) is 36.4 Å². The highest BCUT2D eigenvalue weighted by Gasteiger charge is 2.30. The van der Waals surface area contributed by atoms with Gasteiger partial charge in [-0.2, -0.15) is 0 Å². The number of H-pyrrole nitrogens is 1. The normalized spacial score (nSPS) is 14.3. The molecule has 0 amide bonds. The highest BCUT2D eigenvalue weighted by atomic mass is 16.3. The molecule has 0 radical (unpaired) electrons. The van der Waals surface area contributed by atoms with Crippen molar-refractivity contribution < 1.29 is 10.2 Å². The second-order valence-electron chi connectivity index (χ2n) is 4.51. The van der Waals surface area contributed by atoms with Gasteiger partial charge < -0.3 is 20.9 Å². The molecule has 1 unspecified atom stereocenters. The van der Waals surface area contributed by atoms with Gasteiger partial charge in [-0.25, -0.2) is 0 Å². The second kappa shape index (κ2) is 5.25. The Morgan fingerprint density at radius 3 is 2.67 bits per heavy atom. The molecule has 1 aromatic carbocycles. The summed E-state index contributed by atoms with van der Waals surface area (Å²) in [5.41, 5.74) is 6.96. The molecular formula is C14H18N2O2. The fourth-order valence-corrected chi connectivity index (χ4v) is 2.16. The molecule has 0 aliphatic rings. The molecule has 0 spiro atoms. The smallest absolute Gasteiger partial charge is 0.110 e. The third-order valence-corrected chi connectivity index (χ3v) is 3.07. The van der Waals surface area contributed by atoms with Crippen molar-refractivity contribution in [2.45, 2.75) is 18.4 Å². The molecule has 0 fully saturated rings. The average molecular weight is 246 g/mol. The third kappa shape index (κ3) is 2.72. The van der Waals surface area contributed by atoms with E-state index in [0.29, 0.717) is 17.8 Å². The highest BCUT2D eigenvalue weighted by molar-refractivity contribution is 5.41. The van der Waals surface area contributed by atoms with Gasteiger partial charge in [0.1, 0.15) is 5.60 Å². The third-order valence-electron chi connectivity index (χ3n) is 3.07. The van der Waals surface area contributed by atoms with Crippen LogP contribution in [0.1, 0.15) is 17.7 Å². The van der Waals surface area contributed by atoms with Crippen LogP contribution in [0.2, 0.25) is 0 Å². The first-order valence-electron chi connectivity index (χ1n) is 5.95. The maximum atomic E-state index is 10.7. The van der Waals surface area contributed by atoms with Gasteiger partial charge in [-0.15, -0.1) is 0 Å². The molecule has 0 bridgehead atoms. The minimum absolute atomic E-state index is 0.0716. The Hall–Kier alpha value is -1.78. The number of nitrogen functional groups attached to an aromatic ring is 1. The number of aliphatic hydroxyl groups excluding tert-OH is 1. The number of aromatic nitrogens is 1. The van der Waals surface area contributed by atoms with Gasteiger partial charge in [0.25, 0.3) is 0 Å². The molecule has 1 aromatic heterocycles. The fourth-order valence-electron chi connectivity index (χ4n) is 2.16. The monoisotopic (exact) mass is 246 g/mol. The lowest BCUT2D eigenvalue weighted by Crippen LogP contribution is -2.30. The van der Waals surface area contributed by atoms with Crippen LogP contribution >= 0.6 is 0 Å². The second-order valence-corrected chi connectivity index (χ2v) is 4.51. The summed E-state index contributed by atoms with van der Waals surface area (Å²) < 4.78 is 0. The van der Waals surface area contributed by atoms with E-state index >= 15 is 0 Å². The first-order chi connectivity index (χ1) is 8.64. The summed E-state index contributed by atoms with van der Waals surface area (Å²) >= 11 is 0. The average Bonchev–Trinajstić information content (AvgIpc) is 2.83. The first kappa shape index (κ1) is 12.7. The summed E-state index contributed by atoms with van der Waals surface area (Å²) in [5.74, 6) is 0. The van der Waals surface area contributed by atoms with E-state index in [9.17, 15) is 5.11 Å². The fraction of sp³-hybridized carbons (Fsp3) is 0.286. The van der Waals surface area contributed by atoms with Crippen LogP contribution in [-0.2, 0) is 12.0 Å². The highest BCUT2D eigenvalue weighted by Crippen LogP contribution is 2.28. The standard InChI is InChI=1S/C14H18N2O2/c15-12-4-1-3-11(9-12)10-14(18,6-8-17)13-5-2-7-16-13/h1-5,7,9,16-18H,6,8,10,15H2. The quantitative estimate of drug-likeness (QED) is 0.602. The largest absolute Gasteiger partial charge is 0.399 e. The Bertz CT molecular complexity index is 496. The molecule has 0 saturated carbocycles. The van der Waals surface area contributed by atoms with Gasteiger partial charge >= 0.3 is 0 Å². The number of aliphatic hydroxyl groups is 2. The minimum atomic E-state index is -1.09. The van der Waals surface area contributed by atoms with Crippen molar-refractivity contribution >= 4 is 5.69 Å². The molecule has 1 heterocycles. The number of aromatic amines is 1. The maximum Gasteiger partial charge on any atom is 0.110 e. The minimum Gasteiger partial charge on any atom is -0.399 e. The molecule has 5 N–H and O–H groups in total. The number of hydrogen-bond acceptors (Lipinski definition) is 3. The van der Waals surface area contributed by atoms with Gasteiger partial charge in [0.2, 0.25) is 0 Å². The Morgan fingerprint density at radius 1 is 1.22 bits per heavy atom. The van der Waals surface area contributed by atoms with Crippen molar-refractivity contribution in [1.82, 2.24) is 4.98 Å². The summed E-state index contributed by atoms with van der Waals surface area (Å²) in [7, 11) is 0. The van der Waals surface area contributed by atoms with Crippen molar-refractivity contribution in [3.8, 4) is 0 Å². The number of anilines is 1. The topological polar surface area (TPSA) is 82.3 Å². The Balaban J connectivity index is 2.26. The predicted octanol–water partition coefficient (Wildman–Crippen LogP) is 1.41. The van der Waals surface area contributed by atoms with E-state index in [2.05, 4.69) is 4.98 Å². The van der Waals surface area contributed by atoms with Gasteiger partial charge in [-0.3, -0.25) is 0 Å². The van der Waals surface area contributed by atoms with E-state index in [4.69, 9.17) is 10.8 Å². The van der Waals surface area contributed by atoms with Crippen LogP contribution in [0.3, 0.4) is 0 Å². The van der Waals surface area contributed by atoms with Crippen LogP contribution < -0.4 is 5.73 Å². The van der Waals surface area contributed by atoms with Crippen molar-refractivity contribution in [3.05, 3.63) is 53.9 Å². The predicted molar refractivity (Wildman–Crippen MR) is 71.0 cm³/mol. The van der Waals surface area contributed by atoms with Crippen LogP contribution in [0.4, 0.5) is 5.69 Å². The summed E-state index contributed by atoms with van der Waals surface area (Å²) in [6.07, 6.45) is 2.46. The Kier molecular flexibility index (Phi) is 3.69. The van der Waals surface area contributed by atoms with Gasteiger partial charge in [0, 0.05) is 37.0 Å². The van der Waals surface area contributed by atoms with Crippen molar-refractivity contribution in [1.29, 1.82) is 0 Å². The lowest BCUT2D eigenvalue weighted by atomic mass is 9.88. The number of nitrogens with one attached hydrogen (secondary N) is 1. The molecule has 2 rings (SSSR count). The van der Waals surface area contributed by atoms with E-state index in [1.54, 1.807) is 6.20 Å². The maximum absolute atomic E-state index is 10.7. The van der Waals surface area contributed by atoms with Crippen molar-refractivity contribution in [2.24, 2.45) is 0 Å². The molecule has 4 heteroatoms. The van der Waals surface area contributed by atoms with Gasteiger partial charge in [0.15, 0.2) is 0 Å². The zero-order valence-electron chi connectivity index (χ0n) is 10.1. The van der Waals surface area contributed by atoms with Crippen LogP contribution in [0, 0.1) is 0 Å². The summed E-state index contributed by atoms with van der Waals surface area (Å²) in [6, 6.07) is 11.1. The van der Waals surface area contributed by atoms with Crippen molar-refractivity contribution in [2.75, 3.05) is 12.3 Å². The van der Waals surface area contributed by atoms with Crippen LogP contribution in [0.5, 0.6) is 0 Å². The molecule has 96 valence electrons. The first-order valence-corrected chi connectivity index (χ1v) is 5.95. The SMILES string of the molecule is Nc1cccc(CC(O)(CCO)c2ccc[nH]2)c1. The van der Waals surface area contributed by atoms with Gasteiger partial charge in [-0.05, 0) is 29.8 Å². The van der Waals surface area contributed by atoms with Gasteiger partial charge in [-0.1, -0.05) is 12.1 Å². The zero-order valence-corrected chi connectivity index (χ0v) is 10.1. The van der Waals surface area contributed by atoms with E-state index in [1.165, 1.54) is 0 Å². The number of benzene rings is 1. The number of rotatable bonds is 5. The summed E-state index contributed by atoms with van der Waals surface area (Å²) in [6.45, 7) is -0.0716. The molecule has 2 aromatic rings. The summed E-state index contributed by atoms with van der Waals surface area (Å²) in [4.78, 5) is 3.01. The zero-order chi connectivity index (χ0) is 13.0. The molecule has 0 aliphatic heterocycles. The Labute approximate surface area is 106 Å². The Morgan fingerprint density at radius 2 is 2.06 bits per heavy atom. The molecule has 4 nitrogen and oxygen atoms in total. The van der Waals surface area contributed by atoms with E-state index < -0.39 is 5.60 Å². The van der Waals surface area contributed by atoms with Crippen molar-refractivity contribution in [3.63, 3.8) is 0 Å². The molecule has 1 atom stereocenters. The molecule has 0 aliphatic carbocycles. The van der Waals surface area contributed by atoms with E-state index in [0.717, 1.165) is 5.56 Å². The summed E-state index contributed by atoms with van der Waals surface area (Å²) in [5, 5.41) is 19.8. The lowest BCUT2D eigenvalue weighted by molar-refractivity contribution is 0.00821. The molecule has 0 saturated heterocycles. The molecular weight excluding hydrogens is 228 g/mol. The lowest BCUT2D eigenvalue weighted by Gasteiger charge is -2.27. The number of nitrogens with two attached hydrogens (primary N) is 1. The van der Waals surface area contributed by atoms with Gasteiger partial charge in [0.05, 0.1) is 0 Å². The van der Waals surface area contributed by atoms with Crippen LogP contribution in [0.15, 0.2) is 42.6 Å². The van der Waals surface area contributed by atoms with Crippen LogP contribution in [-0.4, -0.2) is 21.8 Å². The van der Waals surface area contributed by atoms with E-state index in [-0.39, 0.29) is 13.0 Å².